The number of halogens is 1. The average Bonchev–Trinajstić information content (AvgIpc) is 3.28. The van der Waals surface area contributed by atoms with Crippen LogP contribution in [0, 0.1) is 0 Å². The molecular formula is C20H18ClN3O6S. The second kappa shape index (κ2) is 9.15. The van der Waals surface area contributed by atoms with Crippen molar-refractivity contribution in [2.45, 2.75) is 11.5 Å². The number of benzene rings is 2. The summed E-state index contributed by atoms with van der Waals surface area (Å²) in [6.07, 6.45) is 0. The van der Waals surface area contributed by atoms with E-state index in [9.17, 15) is 13.2 Å². The molecule has 0 saturated carbocycles. The Morgan fingerprint density at radius 3 is 2.61 bits per heavy atom. The van der Waals surface area contributed by atoms with Crippen molar-refractivity contribution in [1.82, 2.24) is 14.4 Å². The van der Waals surface area contributed by atoms with E-state index in [2.05, 4.69) is 10.1 Å². The molecule has 1 aliphatic rings. The Bertz CT molecular complexity index is 1180. The van der Waals surface area contributed by atoms with Gasteiger partial charge < -0.3 is 14.0 Å². The molecule has 1 saturated heterocycles. The summed E-state index contributed by atoms with van der Waals surface area (Å²) in [7, 11) is -3.78. The monoisotopic (exact) mass is 463 g/mol. The van der Waals surface area contributed by atoms with Gasteiger partial charge in [-0.15, -0.1) is 0 Å². The summed E-state index contributed by atoms with van der Waals surface area (Å²) < 4.78 is 42.5. The molecule has 0 amide bonds. The SMILES string of the molecule is O=C(OCc1nc(-c2ccccc2)no1)c1cc(S(=O)(=O)N2CCOCC2)ccc1Cl. The molecule has 2 aromatic carbocycles. The molecule has 4 rings (SSSR count). The van der Waals surface area contributed by atoms with Crippen LogP contribution in [0.1, 0.15) is 16.2 Å². The molecule has 2 heterocycles. The number of nitrogens with zero attached hydrogens (tertiary/aromatic N) is 3. The van der Waals surface area contributed by atoms with E-state index in [0.717, 1.165) is 5.56 Å². The summed E-state index contributed by atoms with van der Waals surface area (Å²) in [5.74, 6) is -0.341. The summed E-state index contributed by atoms with van der Waals surface area (Å²) in [6, 6.07) is 13.1. The van der Waals surface area contributed by atoms with Crippen LogP contribution in [-0.2, 0) is 26.1 Å². The number of sulfonamides is 1. The number of hydrogen-bond acceptors (Lipinski definition) is 8. The molecule has 1 aromatic heterocycles. The standard InChI is InChI=1S/C20H18ClN3O6S/c21-17-7-6-15(31(26,27)24-8-10-28-11-9-24)12-16(17)20(25)29-13-18-22-19(23-30-18)14-4-2-1-3-5-14/h1-7,12H,8-11,13H2. The number of rotatable bonds is 6. The van der Waals surface area contributed by atoms with Crippen molar-refractivity contribution < 1.29 is 27.2 Å². The summed E-state index contributed by atoms with van der Waals surface area (Å²) in [4.78, 5) is 16.7. The number of morpholine rings is 1. The fourth-order valence-corrected chi connectivity index (χ4v) is 4.61. The Morgan fingerprint density at radius 1 is 1.13 bits per heavy atom. The minimum atomic E-state index is -3.78. The van der Waals surface area contributed by atoms with Gasteiger partial charge in [0.2, 0.25) is 15.8 Å². The van der Waals surface area contributed by atoms with Crippen LogP contribution < -0.4 is 0 Å². The molecule has 0 atom stereocenters. The van der Waals surface area contributed by atoms with E-state index in [1.807, 2.05) is 30.3 Å². The van der Waals surface area contributed by atoms with Gasteiger partial charge in [0.05, 0.1) is 28.7 Å². The van der Waals surface area contributed by atoms with E-state index in [1.54, 1.807) is 0 Å². The lowest BCUT2D eigenvalue weighted by Crippen LogP contribution is -2.40. The number of hydrogen-bond donors (Lipinski definition) is 0. The fraction of sp³-hybridized carbons (Fsp3) is 0.250. The van der Waals surface area contributed by atoms with Gasteiger partial charge in [0.15, 0.2) is 6.61 Å². The molecule has 11 heteroatoms. The van der Waals surface area contributed by atoms with Crippen LogP contribution in [0.2, 0.25) is 5.02 Å². The molecule has 0 unspecified atom stereocenters. The highest BCUT2D eigenvalue weighted by molar-refractivity contribution is 7.89. The first-order valence-corrected chi connectivity index (χ1v) is 11.2. The number of carbonyl (C=O) groups excluding carboxylic acids is 1. The topological polar surface area (TPSA) is 112 Å². The molecule has 1 fully saturated rings. The number of ether oxygens (including phenoxy) is 2. The van der Waals surface area contributed by atoms with E-state index in [1.165, 1.54) is 22.5 Å². The minimum Gasteiger partial charge on any atom is -0.452 e. The molecule has 0 spiro atoms. The summed E-state index contributed by atoms with van der Waals surface area (Å²) in [5.41, 5.74) is 0.687. The van der Waals surface area contributed by atoms with Crippen molar-refractivity contribution in [1.29, 1.82) is 0 Å². The molecule has 0 N–H and O–H groups in total. The molecule has 9 nitrogen and oxygen atoms in total. The van der Waals surface area contributed by atoms with Crippen LogP contribution in [0.25, 0.3) is 11.4 Å². The first-order chi connectivity index (χ1) is 14.9. The molecular weight excluding hydrogens is 446 g/mol. The largest absolute Gasteiger partial charge is 0.452 e. The quantitative estimate of drug-likeness (QED) is 0.513. The second-order valence-electron chi connectivity index (χ2n) is 6.61. The van der Waals surface area contributed by atoms with Crippen molar-refractivity contribution in [3.63, 3.8) is 0 Å². The summed E-state index contributed by atoms with van der Waals surface area (Å²) >= 11 is 6.11. The van der Waals surface area contributed by atoms with Crippen molar-refractivity contribution in [2.24, 2.45) is 0 Å². The number of aromatic nitrogens is 2. The normalized spacial score (nSPS) is 15.0. The Kier molecular flexibility index (Phi) is 6.33. The Morgan fingerprint density at radius 2 is 1.87 bits per heavy atom. The van der Waals surface area contributed by atoms with Gasteiger partial charge in [-0.25, -0.2) is 13.2 Å². The van der Waals surface area contributed by atoms with Gasteiger partial charge in [-0.1, -0.05) is 47.1 Å². The Balaban J connectivity index is 1.47. The van der Waals surface area contributed by atoms with Gasteiger partial charge in [-0.2, -0.15) is 9.29 Å². The highest BCUT2D eigenvalue weighted by Gasteiger charge is 2.28. The minimum absolute atomic E-state index is 0.0464. The summed E-state index contributed by atoms with van der Waals surface area (Å²) in [6.45, 7) is 0.834. The average molecular weight is 464 g/mol. The highest BCUT2D eigenvalue weighted by atomic mass is 35.5. The van der Waals surface area contributed by atoms with Gasteiger partial charge >= 0.3 is 5.97 Å². The Hall–Kier alpha value is -2.79. The lowest BCUT2D eigenvalue weighted by molar-refractivity contribution is 0.0429. The predicted molar refractivity (Wildman–Crippen MR) is 110 cm³/mol. The van der Waals surface area contributed by atoms with E-state index in [-0.39, 0.29) is 41.1 Å². The third-order valence-corrected chi connectivity index (χ3v) is 6.82. The maximum absolute atomic E-state index is 12.8. The first kappa shape index (κ1) is 21.4. The van der Waals surface area contributed by atoms with Gasteiger partial charge in [0.1, 0.15) is 0 Å². The van der Waals surface area contributed by atoms with Gasteiger partial charge in [0.25, 0.3) is 5.89 Å². The Labute approximate surface area is 183 Å². The van der Waals surface area contributed by atoms with Crippen LogP contribution in [0.5, 0.6) is 0 Å². The van der Waals surface area contributed by atoms with Crippen molar-refractivity contribution in [3.05, 3.63) is 65.0 Å². The summed E-state index contributed by atoms with van der Waals surface area (Å²) in [5, 5.41) is 3.93. The predicted octanol–water partition coefficient (Wildman–Crippen LogP) is 2.77. The molecule has 31 heavy (non-hydrogen) atoms. The lowest BCUT2D eigenvalue weighted by atomic mass is 10.2. The van der Waals surface area contributed by atoms with E-state index in [0.29, 0.717) is 19.0 Å². The smallest absolute Gasteiger partial charge is 0.340 e. The third-order valence-electron chi connectivity index (χ3n) is 4.59. The van der Waals surface area contributed by atoms with Crippen molar-refractivity contribution in [2.75, 3.05) is 26.3 Å². The van der Waals surface area contributed by atoms with E-state index >= 15 is 0 Å². The second-order valence-corrected chi connectivity index (χ2v) is 8.96. The zero-order valence-corrected chi connectivity index (χ0v) is 17.8. The molecule has 0 radical (unpaired) electrons. The van der Waals surface area contributed by atoms with Crippen LogP contribution >= 0.6 is 11.6 Å². The maximum Gasteiger partial charge on any atom is 0.340 e. The molecule has 0 bridgehead atoms. The molecule has 0 aliphatic carbocycles. The van der Waals surface area contributed by atoms with Gasteiger partial charge in [-0.3, -0.25) is 0 Å². The van der Waals surface area contributed by atoms with Gasteiger partial charge in [-0.05, 0) is 18.2 Å². The molecule has 1 aliphatic heterocycles. The molecule has 162 valence electrons. The number of esters is 1. The zero-order chi connectivity index (χ0) is 21.8. The van der Waals surface area contributed by atoms with Crippen molar-refractivity contribution >= 4 is 27.6 Å². The maximum atomic E-state index is 12.8. The highest BCUT2D eigenvalue weighted by Crippen LogP contribution is 2.25. The van der Waals surface area contributed by atoms with E-state index in [4.69, 9.17) is 25.6 Å². The lowest BCUT2D eigenvalue weighted by Gasteiger charge is -2.26. The van der Waals surface area contributed by atoms with Crippen molar-refractivity contribution in [3.8, 4) is 11.4 Å². The van der Waals surface area contributed by atoms with Crippen LogP contribution in [0.3, 0.4) is 0 Å². The van der Waals surface area contributed by atoms with Gasteiger partial charge in [0, 0.05) is 18.7 Å². The van der Waals surface area contributed by atoms with Crippen LogP contribution in [0.4, 0.5) is 0 Å². The van der Waals surface area contributed by atoms with Crippen LogP contribution in [0.15, 0.2) is 57.9 Å². The van der Waals surface area contributed by atoms with Crippen LogP contribution in [-0.4, -0.2) is 55.1 Å². The third kappa shape index (κ3) is 4.77. The fourth-order valence-electron chi connectivity index (χ4n) is 2.98. The zero-order valence-electron chi connectivity index (χ0n) is 16.2. The first-order valence-electron chi connectivity index (χ1n) is 9.38. The molecule has 3 aromatic rings. The van der Waals surface area contributed by atoms with E-state index < -0.39 is 16.0 Å². The number of carbonyl (C=O) groups is 1.